The van der Waals surface area contributed by atoms with Crippen molar-refractivity contribution in [1.82, 2.24) is 9.78 Å². The van der Waals surface area contributed by atoms with Crippen LogP contribution in [0.5, 0.6) is 5.75 Å². The molecule has 0 aliphatic rings. The number of anilines is 1. The van der Waals surface area contributed by atoms with Crippen LogP contribution in [0, 0.1) is 0 Å². The van der Waals surface area contributed by atoms with Crippen molar-refractivity contribution in [3.8, 4) is 5.75 Å². The van der Waals surface area contributed by atoms with E-state index in [1.54, 1.807) is 41.3 Å². The number of halogens is 1. The zero-order valence-electron chi connectivity index (χ0n) is 13.8. The fraction of sp³-hybridized carbons (Fsp3) is 0.158. The molecule has 0 bridgehead atoms. The molecule has 1 aromatic heterocycles. The Balaban J connectivity index is 1.63. The molecule has 25 heavy (non-hydrogen) atoms. The number of carbonyl (C=O) groups excluding carboxylic acids is 1. The van der Waals surface area contributed by atoms with E-state index in [2.05, 4.69) is 10.4 Å². The summed E-state index contributed by atoms with van der Waals surface area (Å²) in [6, 6.07) is 14.6. The number of ether oxygens (including phenoxy) is 1. The molecular weight excluding hydrogens is 338 g/mol. The second-order valence-electron chi connectivity index (χ2n) is 5.47. The van der Waals surface area contributed by atoms with Crippen molar-refractivity contribution >= 4 is 23.2 Å². The first-order valence-corrected chi connectivity index (χ1v) is 8.33. The molecule has 1 amide bonds. The van der Waals surface area contributed by atoms with Crippen LogP contribution < -0.4 is 10.1 Å². The molecule has 3 rings (SSSR count). The molecule has 0 spiro atoms. The van der Waals surface area contributed by atoms with E-state index in [9.17, 15) is 4.79 Å². The summed E-state index contributed by atoms with van der Waals surface area (Å²) >= 11 is 5.99. The summed E-state index contributed by atoms with van der Waals surface area (Å²) < 4.78 is 7.12. The van der Waals surface area contributed by atoms with E-state index in [4.69, 9.17) is 16.3 Å². The largest absolute Gasteiger partial charge is 0.494 e. The Labute approximate surface area is 151 Å². The van der Waals surface area contributed by atoms with Gasteiger partial charge in [-0.2, -0.15) is 5.10 Å². The molecule has 2 aromatic carbocycles. The van der Waals surface area contributed by atoms with Gasteiger partial charge in [0.05, 0.1) is 25.0 Å². The van der Waals surface area contributed by atoms with Crippen LogP contribution in [0.3, 0.4) is 0 Å². The molecule has 128 valence electrons. The van der Waals surface area contributed by atoms with Gasteiger partial charge in [0.25, 0.3) is 5.91 Å². The number of nitrogens with one attached hydrogen (secondary N) is 1. The van der Waals surface area contributed by atoms with Gasteiger partial charge in [-0.25, -0.2) is 0 Å². The van der Waals surface area contributed by atoms with E-state index >= 15 is 0 Å². The van der Waals surface area contributed by atoms with Crippen LogP contribution in [0.15, 0.2) is 60.9 Å². The highest BCUT2D eigenvalue weighted by Gasteiger charge is 2.08. The number of aromatic nitrogens is 2. The van der Waals surface area contributed by atoms with Crippen molar-refractivity contribution in [2.24, 2.45) is 0 Å². The summed E-state index contributed by atoms with van der Waals surface area (Å²) in [6.45, 7) is 3.10. The molecule has 3 aromatic rings. The predicted molar refractivity (Wildman–Crippen MR) is 98.3 cm³/mol. The highest BCUT2D eigenvalue weighted by atomic mass is 35.5. The third-order valence-electron chi connectivity index (χ3n) is 3.55. The quantitative estimate of drug-likeness (QED) is 0.719. The average molecular weight is 356 g/mol. The number of hydrogen-bond donors (Lipinski definition) is 1. The molecule has 0 aliphatic heterocycles. The second kappa shape index (κ2) is 7.85. The van der Waals surface area contributed by atoms with Gasteiger partial charge in [-0.05, 0) is 48.9 Å². The first-order chi connectivity index (χ1) is 12.1. The summed E-state index contributed by atoms with van der Waals surface area (Å²) in [4.78, 5) is 12.3. The fourth-order valence-corrected chi connectivity index (χ4v) is 2.62. The standard InChI is InChI=1S/C19H18ClN3O2/c1-2-25-18-8-6-15(7-9-18)19(24)22-17-11-21-23(13-17)12-14-4-3-5-16(20)10-14/h3-11,13H,2,12H2,1H3,(H,22,24). The first-order valence-electron chi connectivity index (χ1n) is 7.95. The maximum Gasteiger partial charge on any atom is 0.255 e. The lowest BCUT2D eigenvalue weighted by atomic mass is 10.2. The molecule has 0 radical (unpaired) electrons. The number of carbonyl (C=O) groups is 1. The van der Waals surface area contributed by atoms with Crippen LogP contribution in [0.4, 0.5) is 5.69 Å². The van der Waals surface area contributed by atoms with Gasteiger partial charge in [-0.15, -0.1) is 0 Å². The van der Waals surface area contributed by atoms with Gasteiger partial charge in [-0.3, -0.25) is 9.48 Å². The molecule has 0 saturated carbocycles. The maximum absolute atomic E-state index is 12.3. The lowest BCUT2D eigenvalue weighted by Crippen LogP contribution is -2.11. The Bertz CT molecular complexity index is 859. The normalized spacial score (nSPS) is 10.5. The summed E-state index contributed by atoms with van der Waals surface area (Å²) in [5, 5.41) is 7.79. The van der Waals surface area contributed by atoms with Gasteiger partial charge in [0.1, 0.15) is 5.75 Å². The SMILES string of the molecule is CCOc1ccc(C(=O)Nc2cnn(Cc3cccc(Cl)c3)c2)cc1. The van der Waals surface area contributed by atoms with Gasteiger partial charge in [0.2, 0.25) is 0 Å². The van der Waals surface area contributed by atoms with Gasteiger partial charge < -0.3 is 10.1 Å². The third-order valence-corrected chi connectivity index (χ3v) is 3.79. The monoisotopic (exact) mass is 355 g/mol. The minimum absolute atomic E-state index is 0.189. The number of nitrogens with zero attached hydrogens (tertiary/aromatic N) is 2. The smallest absolute Gasteiger partial charge is 0.255 e. The molecule has 0 unspecified atom stereocenters. The third kappa shape index (κ3) is 4.61. The van der Waals surface area contributed by atoms with Crippen molar-refractivity contribution in [3.05, 3.63) is 77.1 Å². The Morgan fingerprint density at radius 1 is 1.24 bits per heavy atom. The zero-order valence-corrected chi connectivity index (χ0v) is 14.5. The van der Waals surface area contributed by atoms with Crippen LogP contribution in [-0.4, -0.2) is 22.3 Å². The summed E-state index contributed by atoms with van der Waals surface area (Å²) in [7, 11) is 0. The molecule has 5 nitrogen and oxygen atoms in total. The van der Waals surface area contributed by atoms with E-state index in [-0.39, 0.29) is 5.91 Å². The first kappa shape index (κ1) is 17.0. The minimum atomic E-state index is -0.189. The lowest BCUT2D eigenvalue weighted by molar-refractivity contribution is 0.102. The highest BCUT2D eigenvalue weighted by Crippen LogP contribution is 2.15. The number of hydrogen-bond acceptors (Lipinski definition) is 3. The van der Waals surface area contributed by atoms with Crippen LogP contribution in [0.1, 0.15) is 22.8 Å². The van der Waals surface area contributed by atoms with E-state index < -0.39 is 0 Å². The number of rotatable bonds is 6. The second-order valence-corrected chi connectivity index (χ2v) is 5.90. The van der Waals surface area contributed by atoms with Gasteiger partial charge in [0.15, 0.2) is 0 Å². The Morgan fingerprint density at radius 2 is 2.04 bits per heavy atom. The molecule has 0 atom stereocenters. The lowest BCUT2D eigenvalue weighted by Gasteiger charge is -2.05. The fourth-order valence-electron chi connectivity index (χ4n) is 2.41. The Morgan fingerprint density at radius 3 is 2.76 bits per heavy atom. The van der Waals surface area contributed by atoms with Crippen LogP contribution in [-0.2, 0) is 6.54 Å². The predicted octanol–water partition coefficient (Wildman–Crippen LogP) is 4.24. The van der Waals surface area contributed by atoms with E-state index in [0.29, 0.717) is 29.4 Å². The van der Waals surface area contributed by atoms with Crippen molar-refractivity contribution < 1.29 is 9.53 Å². The van der Waals surface area contributed by atoms with E-state index in [1.807, 2.05) is 31.2 Å². The minimum Gasteiger partial charge on any atom is -0.494 e. The van der Waals surface area contributed by atoms with E-state index in [1.165, 1.54) is 0 Å². The van der Waals surface area contributed by atoms with Crippen molar-refractivity contribution in [2.45, 2.75) is 13.5 Å². The molecule has 1 N–H and O–H groups in total. The van der Waals surface area contributed by atoms with Crippen LogP contribution in [0.2, 0.25) is 5.02 Å². The average Bonchev–Trinajstić information content (AvgIpc) is 3.02. The van der Waals surface area contributed by atoms with Crippen LogP contribution in [0.25, 0.3) is 0 Å². The zero-order chi connectivity index (χ0) is 17.6. The van der Waals surface area contributed by atoms with Crippen molar-refractivity contribution in [3.63, 3.8) is 0 Å². The summed E-state index contributed by atoms with van der Waals surface area (Å²) in [6.07, 6.45) is 3.41. The Kier molecular flexibility index (Phi) is 5.36. The molecular formula is C19H18ClN3O2. The molecule has 1 heterocycles. The van der Waals surface area contributed by atoms with Crippen molar-refractivity contribution in [1.29, 1.82) is 0 Å². The molecule has 0 aliphatic carbocycles. The maximum atomic E-state index is 12.3. The molecule has 0 saturated heterocycles. The molecule has 0 fully saturated rings. The topological polar surface area (TPSA) is 56.1 Å². The summed E-state index contributed by atoms with van der Waals surface area (Å²) in [5.74, 6) is 0.554. The van der Waals surface area contributed by atoms with Gasteiger partial charge in [0, 0.05) is 16.8 Å². The Hall–Kier alpha value is -2.79. The number of benzene rings is 2. The van der Waals surface area contributed by atoms with Crippen LogP contribution >= 0.6 is 11.6 Å². The number of amides is 1. The van der Waals surface area contributed by atoms with Gasteiger partial charge in [-0.1, -0.05) is 23.7 Å². The molecule has 6 heteroatoms. The van der Waals surface area contributed by atoms with Gasteiger partial charge >= 0.3 is 0 Å². The van der Waals surface area contributed by atoms with E-state index in [0.717, 1.165) is 11.3 Å². The van der Waals surface area contributed by atoms with Crippen molar-refractivity contribution in [2.75, 3.05) is 11.9 Å². The highest BCUT2D eigenvalue weighted by molar-refractivity contribution is 6.30. The summed E-state index contributed by atoms with van der Waals surface area (Å²) in [5.41, 5.74) is 2.24.